The molecule has 1 fully saturated rings. The molecule has 172 valence electrons. The molecule has 8 heteroatoms. The minimum atomic E-state index is -0.193. The molecule has 2 aromatic heterocycles. The topological polar surface area (TPSA) is 90.5 Å². The zero-order valence-electron chi connectivity index (χ0n) is 19.2. The second-order valence-corrected chi connectivity index (χ2v) is 8.47. The number of pyridine rings is 2. The van der Waals surface area contributed by atoms with E-state index < -0.39 is 0 Å². The third-order valence-electron chi connectivity index (χ3n) is 5.88. The van der Waals surface area contributed by atoms with Gasteiger partial charge in [0.05, 0.1) is 17.8 Å². The molecule has 1 saturated heterocycles. The van der Waals surface area contributed by atoms with E-state index in [2.05, 4.69) is 45.5 Å². The number of nitrogens with one attached hydrogen (secondary N) is 2. The van der Waals surface area contributed by atoms with E-state index in [0.29, 0.717) is 12.2 Å². The normalized spacial score (nSPS) is 14.3. The van der Waals surface area contributed by atoms with Gasteiger partial charge in [0.25, 0.3) is 0 Å². The Labute approximate surface area is 194 Å². The fraction of sp³-hybridized carbons (Fsp3) is 0.360. The van der Waals surface area contributed by atoms with Crippen molar-refractivity contribution in [2.75, 3.05) is 43.4 Å². The highest BCUT2D eigenvalue weighted by Crippen LogP contribution is 2.26. The molecule has 0 unspecified atom stereocenters. The Kier molecular flexibility index (Phi) is 7.14. The molecule has 0 atom stereocenters. The summed E-state index contributed by atoms with van der Waals surface area (Å²) >= 11 is 0. The van der Waals surface area contributed by atoms with Crippen molar-refractivity contribution >= 4 is 34.2 Å². The maximum atomic E-state index is 12.4. The number of likely N-dealkylation sites (N-methyl/N-ethyl adjacent to an activating group) is 1. The van der Waals surface area contributed by atoms with Crippen LogP contribution < -0.4 is 15.5 Å². The predicted octanol–water partition coefficient (Wildman–Crippen LogP) is 2.73. The Bertz CT molecular complexity index is 1130. The number of fused-ring (bicyclic) bond motifs is 1. The number of hydrogen-bond acceptors (Lipinski definition) is 6. The van der Waals surface area contributed by atoms with Crippen LogP contribution in [0.3, 0.4) is 0 Å². The number of carbonyl (C=O) groups is 2. The largest absolute Gasteiger partial charge is 0.354 e. The fourth-order valence-corrected chi connectivity index (χ4v) is 3.88. The number of anilines is 2. The number of amides is 2. The van der Waals surface area contributed by atoms with Crippen LogP contribution in [0.2, 0.25) is 0 Å². The molecule has 1 aliphatic rings. The summed E-state index contributed by atoms with van der Waals surface area (Å²) in [6.07, 6.45) is 1.93. The molecule has 4 rings (SSSR count). The molecule has 0 aliphatic carbocycles. The fourth-order valence-electron chi connectivity index (χ4n) is 3.88. The van der Waals surface area contributed by atoms with Crippen molar-refractivity contribution in [2.24, 2.45) is 0 Å². The lowest BCUT2D eigenvalue weighted by atomic mass is 10.1. The van der Waals surface area contributed by atoms with E-state index in [0.717, 1.165) is 54.2 Å². The number of piperazine rings is 1. The lowest BCUT2D eigenvalue weighted by molar-refractivity contribution is -0.124. The number of benzene rings is 1. The molecule has 0 spiro atoms. The number of carbonyl (C=O) groups excluding carboxylic acids is 2. The van der Waals surface area contributed by atoms with E-state index in [-0.39, 0.29) is 24.7 Å². The summed E-state index contributed by atoms with van der Waals surface area (Å²) in [6, 6.07) is 13.4. The lowest BCUT2D eigenvalue weighted by Gasteiger charge is -2.33. The molecule has 3 heterocycles. The van der Waals surface area contributed by atoms with Crippen LogP contribution >= 0.6 is 0 Å². The second-order valence-electron chi connectivity index (χ2n) is 8.47. The Morgan fingerprint density at radius 2 is 1.79 bits per heavy atom. The van der Waals surface area contributed by atoms with Crippen molar-refractivity contribution < 1.29 is 9.59 Å². The molecule has 1 aromatic carbocycles. The number of nitrogens with zero attached hydrogens (tertiary/aromatic N) is 4. The highest BCUT2D eigenvalue weighted by molar-refractivity contribution is 5.96. The zero-order chi connectivity index (χ0) is 23.2. The van der Waals surface area contributed by atoms with E-state index in [4.69, 9.17) is 4.98 Å². The summed E-state index contributed by atoms with van der Waals surface area (Å²) < 4.78 is 0. The molecule has 0 radical (unpaired) electrons. The second kappa shape index (κ2) is 10.4. The summed E-state index contributed by atoms with van der Waals surface area (Å²) in [6.45, 7) is 6.43. The zero-order valence-corrected chi connectivity index (χ0v) is 19.2. The van der Waals surface area contributed by atoms with Crippen LogP contribution in [0.1, 0.15) is 24.1 Å². The van der Waals surface area contributed by atoms with Crippen LogP contribution in [0.4, 0.5) is 11.5 Å². The smallest absolute Gasteiger partial charge is 0.224 e. The quantitative estimate of drug-likeness (QED) is 0.580. The van der Waals surface area contributed by atoms with Crippen LogP contribution in [-0.4, -0.2) is 59.9 Å². The van der Waals surface area contributed by atoms with E-state index >= 15 is 0 Å². The lowest BCUT2D eigenvalue weighted by Crippen LogP contribution is -2.44. The molecule has 0 saturated carbocycles. The van der Waals surface area contributed by atoms with Crippen molar-refractivity contribution in [3.63, 3.8) is 0 Å². The van der Waals surface area contributed by atoms with Gasteiger partial charge in [0, 0.05) is 56.3 Å². The first kappa shape index (κ1) is 22.7. The minimum absolute atomic E-state index is 0.117. The summed E-state index contributed by atoms with van der Waals surface area (Å²) in [5.41, 5.74) is 3.53. The van der Waals surface area contributed by atoms with Crippen molar-refractivity contribution in [1.82, 2.24) is 20.2 Å². The molecule has 2 amide bonds. The van der Waals surface area contributed by atoms with E-state index in [1.165, 1.54) is 0 Å². The van der Waals surface area contributed by atoms with Gasteiger partial charge in [-0.15, -0.1) is 0 Å². The minimum Gasteiger partial charge on any atom is -0.354 e. The number of rotatable bonds is 7. The highest BCUT2D eigenvalue weighted by atomic mass is 16.2. The van der Waals surface area contributed by atoms with Crippen molar-refractivity contribution in [1.29, 1.82) is 0 Å². The van der Waals surface area contributed by atoms with Gasteiger partial charge in [-0.05, 0) is 55.9 Å². The van der Waals surface area contributed by atoms with Crippen molar-refractivity contribution in [2.45, 2.75) is 26.3 Å². The number of aromatic nitrogens is 2. The van der Waals surface area contributed by atoms with Crippen LogP contribution in [0.15, 0.2) is 48.7 Å². The van der Waals surface area contributed by atoms with Gasteiger partial charge >= 0.3 is 0 Å². The number of aryl methyl sites for hydroxylation is 1. The van der Waals surface area contributed by atoms with Crippen LogP contribution in [0, 0.1) is 6.92 Å². The Morgan fingerprint density at radius 1 is 1.00 bits per heavy atom. The predicted molar refractivity (Wildman–Crippen MR) is 130 cm³/mol. The van der Waals surface area contributed by atoms with Gasteiger partial charge in [0.15, 0.2) is 0 Å². The molecule has 3 aromatic rings. The first-order valence-electron chi connectivity index (χ1n) is 11.3. The Balaban J connectivity index is 1.32. The molecular formula is C25H30N6O2. The van der Waals surface area contributed by atoms with Gasteiger partial charge in [-0.2, -0.15) is 0 Å². The molecule has 8 nitrogen and oxygen atoms in total. The first-order chi connectivity index (χ1) is 16.0. The summed E-state index contributed by atoms with van der Waals surface area (Å²) in [4.78, 5) is 38.1. The van der Waals surface area contributed by atoms with Gasteiger partial charge in [0.2, 0.25) is 11.8 Å². The summed E-state index contributed by atoms with van der Waals surface area (Å²) in [5.74, 6) is 0.634. The standard InChI is InChI=1S/C25H30N6O2/c1-18-15-23(31-13-11-30(2)12-14-31)29-22-7-6-19(16-21(18)22)28-25(33)9-8-24(32)27-17-20-5-3-4-10-26-20/h3-7,10,15-16H,8-9,11-14,17H2,1-2H3,(H,27,32)(H,28,33). The van der Waals surface area contributed by atoms with Crippen LogP contribution in [-0.2, 0) is 16.1 Å². The van der Waals surface area contributed by atoms with E-state index in [1.54, 1.807) is 6.20 Å². The number of hydrogen-bond donors (Lipinski definition) is 2. The molecular weight excluding hydrogens is 416 g/mol. The van der Waals surface area contributed by atoms with Crippen molar-refractivity contribution in [3.05, 3.63) is 59.9 Å². The van der Waals surface area contributed by atoms with Crippen LogP contribution in [0.5, 0.6) is 0 Å². The molecule has 33 heavy (non-hydrogen) atoms. The molecule has 2 N–H and O–H groups in total. The average Bonchev–Trinajstić information content (AvgIpc) is 2.83. The Hall–Kier alpha value is -3.52. The van der Waals surface area contributed by atoms with Crippen molar-refractivity contribution in [3.8, 4) is 0 Å². The average molecular weight is 447 g/mol. The molecule has 1 aliphatic heterocycles. The van der Waals surface area contributed by atoms with Crippen LogP contribution in [0.25, 0.3) is 10.9 Å². The summed E-state index contributed by atoms with van der Waals surface area (Å²) in [5, 5.41) is 6.70. The highest BCUT2D eigenvalue weighted by Gasteiger charge is 2.17. The maximum absolute atomic E-state index is 12.4. The van der Waals surface area contributed by atoms with Gasteiger partial charge in [-0.1, -0.05) is 6.07 Å². The molecule has 0 bridgehead atoms. The summed E-state index contributed by atoms with van der Waals surface area (Å²) in [7, 11) is 2.14. The Morgan fingerprint density at radius 3 is 2.55 bits per heavy atom. The van der Waals surface area contributed by atoms with Gasteiger partial charge in [0.1, 0.15) is 5.82 Å². The van der Waals surface area contributed by atoms with Gasteiger partial charge in [-0.25, -0.2) is 4.98 Å². The van der Waals surface area contributed by atoms with Gasteiger partial charge in [-0.3, -0.25) is 14.6 Å². The van der Waals surface area contributed by atoms with E-state index in [9.17, 15) is 9.59 Å². The SMILES string of the molecule is Cc1cc(N2CCN(C)CC2)nc2ccc(NC(=O)CCC(=O)NCc3ccccn3)cc12. The van der Waals surface area contributed by atoms with Gasteiger partial charge < -0.3 is 20.4 Å². The monoisotopic (exact) mass is 446 g/mol. The first-order valence-corrected chi connectivity index (χ1v) is 11.3. The maximum Gasteiger partial charge on any atom is 0.224 e. The third-order valence-corrected chi connectivity index (χ3v) is 5.88. The third kappa shape index (κ3) is 6.04. The van der Waals surface area contributed by atoms with E-state index in [1.807, 2.05) is 36.4 Å².